The summed E-state index contributed by atoms with van der Waals surface area (Å²) in [7, 11) is 0. The zero-order chi connectivity index (χ0) is 13.9. The minimum Gasteiger partial charge on any atom is -0.354 e. The van der Waals surface area contributed by atoms with Gasteiger partial charge in [0, 0.05) is 12.5 Å². The molecule has 1 aromatic rings. The van der Waals surface area contributed by atoms with Gasteiger partial charge >= 0.3 is 0 Å². The molecule has 1 atom stereocenters. The van der Waals surface area contributed by atoms with Gasteiger partial charge in [-0.05, 0) is 23.3 Å². The van der Waals surface area contributed by atoms with Gasteiger partial charge < -0.3 is 5.32 Å². The molecule has 0 bridgehead atoms. The summed E-state index contributed by atoms with van der Waals surface area (Å²) >= 11 is 0. The van der Waals surface area contributed by atoms with E-state index in [1.807, 2.05) is 0 Å². The average Bonchev–Trinajstić information content (AvgIpc) is 2.92. The quantitative estimate of drug-likeness (QED) is 0.656. The first kappa shape index (κ1) is 15.6. The van der Waals surface area contributed by atoms with Gasteiger partial charge in [-0.3, -0.25) is 4.79 Å². The van der Waals surface area contributed by atoms with Crippen molar-refractivity contribution in [3.63, 3.8) is 0 Å². The lowest BCUT2D eigenvalue weighted by Gasteiger charge is -2.14. The van der Waals surface area contributed by atoms with Crippen LogP contribution in [0.15, 0.2) is 6.33 Å². The summed E-state index contributed by atoms with van der Waals surface area (Å²) in [5, 5.41) is 13.8. The number of tetrazole rings is 1. The van der Waals surface area contributed by atoms with E-state index in [9.17, 15) is 4.79 Å². The molecule has 19 heavy (non-hydrogen) atoms. The standard InChI is InChI=1S/C13H25N5O/c1-3-5-6-7-8-12(4-2)13(19)14-9-10-18-11-15-16-17-18/h11-12H,3-10H2,1-2H3,(H,14,19). The van der Waals surface area contributed by atoms with Crippen LogP contribution < -0.4 is 5.32 Å². The van der Waals surface area contributed by atoms with Crippen molar-refractivity contribution in [2.24, 2.45) is 5.92 Å². The van der Waals surface area contributed by atoms with E-state index in [2.05, 4.69) is 34.7 Å². The molecule has 6 nitrogen and oxygen atoms in total. The Morgan fingerprint density at radius 1 is 1.32 bits per heavy atom. The highest BCUT2D eigenvalue weighted by atomic mass is 16.1. The van der Waals surface area contributed by atoms with Gasteiger partial charge in [0.05, 0.1) is 6.54 Å². The van der Waals surface area contributed by atoms with E-state index in [1.54, 1.807) is 11.0 Å². The molecule has 0 fully saturated rings. The van der Waals surface area contributed by atoms with Crippen molar-refractivity contribution in [1.29, 1.82) is 0 Å². The molecule has 0 saturated carbocycles. The second-order valence-corrected chi connectivity index (χ2v) is 4.82. The minimum atomic E-state index is 0.144. The van der Waals surface area contributed by atoms with E-state index in [-0.39, 0.29) is 11.8 Å². The molecular weight excluding hydrogens is 242 g/mol. The van der Waals surface area contributed by atoms with E-state index in [0.29, 0.717) is 13.1 Å². The summed E-state index contributed by atoms with van der Waals surface area (Å²) in [6, 6.07) is 0. The second kappa shape index (κ2) is 9.47. The molecular formula is C13H25N5O. The molecule has 0 aliphatic carbocycles. The van der Waals surface area contributed by atoms with Crippen LogP contribution >= 0.6 is 0 Å². The average molecular weight is 267 g/mol. The van der Waals surface area contributed by atoms with E-state index in [1.165, 1.54) is 19.3 Å². The van der Waals surface area contributed by atoms with E-state index in [0.717, 1.165) is 19.3 Å². The topological polar surface area (TPSA) is 72.7 Å². The lowest BCUT2D eigenvalue weighted by Crippen LogP contribution is -2.33. The number of hydrogen-bond donors (Lipinski definition) is 1. The van der Waals surface area contributed by atoms with Gasteiger partial charge in [-0.25, -0.2) is 4.68 Å². The minimum absolute atomic E-state index is 0.144. The monoisotopic (exact) mass is 267 g/mol. The molecule has 0 aliphatic rings. The Bertz CT molecular complexity index is 339. The molecule has 108 valence electrons. The largest absolute Gasteiger partial charge is 0.354 e. The molecule has 0 saturated heterocycles. The summed E-state index contributed by atoms with van der Waals surface area (Å²) in [6.45, 7) is 5.47. The Morgan fingerprint density at radius 2 is 2.16 bits per heavy atom. The van der Waals surface area contributed by atoms with Crippen molar-refractivity contribution in [3.8, 4) is 0 Å². The highest BCUT2D eigenvalue weighted by Gasteiger charge is 2.15. The maximum atomic E-state index is 12.0. The number of amides is 1. The third-order valence-electron chi connectivity index (χ3n) is 3.30. The van der Waals surface area contributed by atoms with Gasteiger partial charge in [0.25, 0.3) is 0 Å². The number of nitrogens with zero attached hydrogens (tertiary/aromatic N) is 4. The van der Waals surface area contributed by atoms with E-state index < -0.39 is 0 Å². The summed E-state index contributed by atoms with van der Waals surface area (Å²) in [6.07, 6.45) is 8.31. The number of nitrogens with one attached hydrogen (secondary N) is 1. The fourth-order valence-corrected chi connectivity index (χ4v) is 2.06. The van der Waals surface area contributed by atoms with Crippen molar-refractivity contribution in [2.45, 2.75) is 58.9 Å². The van der Waals surface area contributed by atoms with Crippen molar-refractivity contribution in [3.05, 3.63) is 6.33 Å². The smallest absolute Gasteiger partial charge is 0.223 e. The third-order valence-corrected chi connectivity index (χ3v) is 3.30. The van der Waals surface area contributed by atoms with Gasteiger partial charge in [-0.15, -0.1) is 5.10 Å². The highest BCUT2D eigenvalue weighted by Crippen LogP contribution is 2.14. The van der Waals surface area contributed by atoms with Crippen LogP contribution in [0.2, 0.25) is 0 Å². The number of aromatic nitrogens is 4. The first-order chi connectivity index (χ1) is 9.27. The Morgan fingerprint density at radius 3 is 2.79 bits per heavy atom. The molecule has 0 aromatic carbocycles. The number of unbranched alkanes of at least 4 members (excludes halogenated alkanes) is 3. The van der Waals surface area contributed by atoms with Crippen molar-refractivity contribution in [2.75, 3.05) is 6.54 Å². The van der Waals surface area contributed by atoms with Crippen LogP contribution in [0.5, 0.6) is 0 Å². The first-order valence-corrected chi connectivity index (χ1v) is 7.26. The Kier molecular flexibility index (Phi) is 7.77. The molecule has 6 heteroatoms. The first-order valence-electron chi connectivity index (χ1n) is 7.26. The summed E-state index contributed by atoms with van der Waals surface area (Å²) in [4.78, 5) is 12.0. The molecule has 0 spiro atoms. The molecule has 1 rings (SSSR count). The predicted molar refractivity (Wildman–Crippen MR) is 73.4 cm³/mol. The number of carbonyl (C=O) groups excluding carboxylic acids is 1. The van der Waals surface area contributed by atoms with Gasteiger partial charge in [-0.1, -0.05) is 39.5 Å². The number of rotatable bonds is 10. The Hall–Kier alpha value is -1.46. The fraction of sp³-hybridized carbons (Fsp3) is 0.846. The summed E-state index contributed by atoms with van der Waals surface area (Å²) in [5.41, 5.74) is 0. The van der Waals surface area contributed by atoms with Crippen LogP contribution in [0.4, 0.5) is 0 Å². The molecule has 1 aromatic heterocycles. The zero-order valence-electron chi connectivity index (χ0n) is 12.0. The normalized spacial score (nSPS) is 12.3. The van der Waals surface area contributed by atoms with Gasteiger partial charge in [0.15, 0.2) is 0 Å². The van der Waals surface area contributed by atoms with Gasteiger partial charge in [0.2, 0.25) is 5.91 Å². The highest BCUT2D eigenvalue weighted by molar-refractivity contribution is 5.78. The number of hydrogen-bond acceptors (Lipinski definition) is 4. The number of carbonyl (C=O) groups is 1. The molecule has 0 aliphatic heterocycles. The lowest BCUT2D eigenvalue weighted by molar-refractivity contribution is -0.125. The summed E-state index contributed by atoms with van der Waals surface area (Å²) < 4.78 is 1.61. The maximum Gasteiger partial charge on any atom is 0.223 e. The van der Waals surface area contributed by atoms with E-state index in [4.69, 9.17) is 0 Å². The SMILES string of the molecule is CCCCCCC(CC)C(=O)NCCn1cnnn1. The third kappa shape index (κ3) is 6.31. The van der Waals surface area contributed by atoms with Gasteiger partial charge in [0.1, 0.15) is 6.33 Å². The van der Waals surface area contributed by atoms with Crippen molar-refractivity contribution in [1.82, 2.24) is 25.5 Å². The van der Waals surface area contributed by atoms with Gasteiger partial charge in [-0.2, -0.15) is 0 Å². The van der Waals surface area contributed by atoms with Crippen LogP contribution in [0, 0.1) is 5.92 Å². The Labute approximate surface area is 115 Å². The molecule has 1 amide bonds. The summed E-state index contributed by atoms with van der Waals surface area (Å²) in [5.74, 6) is 0.304. The maximum absolute atomic E-state index is 12.0. The second-order valence-electron chi connectivity index (χ2n) is 4.82. The zero-order valence-corrected chi connectivity index (χ0v) is 12.0. The van der Waals surface area contributed by atoms with Crippen LogP contribution in [0.1, 0.15) is 52.4 Å². The van der Waals surface area contributed by atoms with E-state index >= 15 is 0 Å². The molecule has 1 heterocycles. The van der Waals surface area contributed by atoms with Crippen LogP contribution in [-0.4, -0.2) is 32.7 Å². The molecule has 1 N–H and O–H groups in total. The Balaban J connectivity index is 2.17. The lowest BCUT2D eigenvalue weighted by atomic mass is 9.97. The fourth-order valence-electron chi connectivity index (χ4n) is 2.06. The van der Waals surface area contributed by atoms with Crippen LogP contribution in [0.3, 0.4) is 0 Å². The molecule has 0 radical (unpaired) electrons. The molecule has 1 unspecified atom stereocenters. The van der Waals surface area contributed by atoms with Crippen molar-refractivity contribution < 1.29 is 4.79 Å². The van der Waals surface area contributed by atoms with Crippen molar-refractivity contribution >= 4 is 5.91 Å². The predicted octanol–water partition coefficient (Wildman–Crippen LogP) is 1.79. The van der Waals surface area contributed by atoms with Crippen LogP contribution in [0.25, 0.3) is 0 Å². The van der Waals surface area contributed by atoms with Crippen LogP contribution in [-0.2, 0) is 11.3 Å².